The summed E-state index contributed by atoms with van der Waals surface area (Å²) < 4.78 is 16.3. The summed E-state index contributed by atoms with van der Waals surface area (Å²) in [6.45, 7) is 0. The quantitative estimate of drug-likeness (QED) is 0.455. The molecule has 1 aromatic heterocycles. The second-order valence-corrected chi connectivity index (χ2v) is 7.10. The van der Waals surface area contributed by atoms with E-state index in [0.29, 0.717) is 50.1 Å². The predicted molar refractivity (Wildman–Crippen MR) is 120 cm³/mol. The SMILES string of the molecule is COc1ccc(C(=O)Nc2ccc3oc(-c4ccccc4Cl)cc(=O)c3c2)cc1OC. The number of hydrogen-bond donors (Lipinski definition) is 1. The van der Waals surface area contributed by atoms with Crippen molar-refractivity contribution in [1.29, 1.82) is 0 Å². The fourth-order valence-corrected chi connectivity index (χ4v) is 3.44. The van der Waals surface area contributed by atoms with E-state index in [2.05, 4.69) is 5.32 Å². The molecule has 1 heterocycles. The first-order chi connectivity index (χ1) is 15.0. The van der Waals surface area contributed by atoms with Crippen molar-refractivity contribution in [3.63, 3.8) is 0 Å². The van der Waals surface area contributed by atoms with Crippen LogP contribution in [0.5, 0.6) is 11.5 Å². The minimum atomic E-state index is -0.350. The molecule has 0 aliphatic rings. The van der Waals surface area contributed by atoms with Gasteiger partial charge in [-0.2, -0.15) is 0 Å². The van der Waals surface area contributed by atoms with Gasteiger partial charge in [0.2, 0.25) is 0 Å². The minimum Gasteiger partial charge on any atom is -0.493 e. The molecule has 0 saturated carbocycles. The highest BCUT2D eigenvalue weighted by molar-refractivity contribution is 6.33. The molecule has 1 amide bonds. The lowest BCUT2D eigenvalue weighted by Gasteiger charge is -2.10. The lowest BCUT2D eigenvalue weighted by Crippen LogP contribution is -2.12. The number of carbonyl (C=O) groups is 1. The second-order valence-electron chi connectivity index (χ2n) is 6.69. The minimum absolute atomic E-state index is 0.238. The number of fused-ring (bicyclic) bond motifs is 1. The molecule has 0 unspecified atom stereocenters. The first-order valence-electron chi connectivity index (χ1n) is 9.36. The Morgan fingerprint density at radius 1 is 0.935 bits per heavy atom. The van der Waals surface area contributed by atoms with Crippen molar-refractivity contribution in [2.75, 3.05) is 19.5 Å². The van der Waals surface area contributed by atoms with Crippen LogP contribution in [0.15, 0.2) is 75.9 Å². The zero-order valence-corrected chi connectivity index (χ0v) is 17.5. The Labute approximate surface area is 183 Å². The van der Waals surface area contributed by atoms with Crippen LogP contribution in [0.2, 0.25) is 5.02 Å². The molecule has 1 N–H and O–H groups in total. The van der Waals surface area contributed by atoms with E-state index in [9.17, 15) is 9.59 Å². The summed E-state index contributed by atoms with van der Waals surface area (Å²) in [5.74, 6) is 1.00. The molecule has 0 aliphatic carbocycles. The van der Waals surface area contributed by atoms with Crippen LogP contribution in [0.25, 0.3) is 22.3 Å². The van der Waals surface area contributed by atoms with Gasteiger partial charge >= 0.3 is 0 Å². The smallest absolute Gasteiger partial charge is 0.255 e. The third-order valence-corrected chi connectivity index (χ3v) is 5.10. The van der Waals surface area contributed by atoms with Gasteiger partial charge in [0.15, 0.2) is 16.9 Å². The Bertz CT molecular complexity index is 1350. The Morgan fingerprint density at radius 3 is 2.45 bits per heavy atom. The Balaban J connectivity index is 1.65. The standard InChI is InChI=1S/C24H18ClNO5/c1-29-21-9-7-14(11-23(21)30-2)24(28)26-15-8-10-20-17(12-15)19(27)13-22(31-20)16-5-3-4-6-18(16)25/h3-13H,1-2H3,(H,26,28). The van der Waals surface area contributed by atoms with Crippen molar-refractivity contribution in [3.05, 3.63) is 87.5 Å². The van der Waals surface area contributed by atoms with Crippen LogP contribution in [-0.2, 0) is 0 Å². The first kappa shape index (κ1) is 20.5. The maximum Gasteiger partial charge on any atom is 0.255 e. The molecule has 4 rings (SSSR count). The highest BCUT2D eigenvalue weighted by Gasteiger charge is 2.13. The van der Waals surface area contributed by atoms with Crippen LogP contribution in [0.4, 0.5) is 5.69 Å². The molecule has 4 aromatic rings. The maximum atomic E-state index is 12.7. The van der Waals surface area contributed by atoms with Crippen LogP contribution < -0.4 is 20.2 Å². The molecule has 0 atom stereocenters. The molecule has 6 nitrogen and oxygen atoms in total. The van der Waals surface area contributed by atoms with Crippen molar-refractivity contribution >= 4 is 34.2 Å². The van der Waals surface area contributed by atoms with E-state index in [1.807, 2.05) is 6.07 Å². The van der Waals surface area contributed by atoms with Crippen molar-refractivity contribution in [3.8, 4) is 22.8 Å². The largest absolute Gasteiger partial charge is 0.493 e. The Kier molecular flexibility index (Phi) is 5.64. The summed E-state index contributed by atoms with van der Waals surface area (Å²) in [5, 5.41) is 3.62. The molecule has 156 valence electrons. The van der Waals surface area contributed by atoms with E-state index in [-0.39, 0.29) is 11.3 Å². The topological polar surface area (TPSA) is 77.8 Å². The maximum absolute atomic E-state index is 12.7. The summed E-state index contributed by atoms with van der Waals surface area (Å²) in [4.78, 5) is 25.4. The number of methoxy groups -OCH3 is 2. The van der Waals surface area contributed by atoms with Gasteiger partial charge in [0.1, 0.15) is 11.3 Å². The van der Waals surface area contributed by atoms with Crippen LogP contribution in [0.1, 0.15) is 10.4 Å². The molecule has 3 aromatic carbocycles. The fraction of sp³-hybridized carbons (Fsp3) is 0.0833. The third kappa shape index (κ3) is 4.11. The number of halogens is 1. The molecule has 0 bridgehead atoms. The van der Waals surface area contributed by atoms with Gasteiger partial charge in [-0.25, -0.2) is 0 Å². The van der Waals surface area contributed by atoms with Gasteiger partial charge in [0.05, 0.1) is 24.6 Å². The molecule has 0 spiro atoms. The Hall–Kier alpha value is -3.77. The molecule has 0 fully saturated rings. The highest BCUT2D eigenvalue weighted by Crippen LogP contribution is 2.30. The molecular formula is C24H18ClNO5. The number of hydrogen-bond acceptors (Lipinski definition) is 5. The predicted octanol–water partition coefficient (Wildman–Crippen LogP) is 5.38. The average Bonchev–Trinajstić information content (AvgIpc) is 2.79. The molecule has 0 radical (unpaired) electrons. The number of nitrogens with one attached hydrogen (secondary N) is 1. The number of carbonyl (C=O) groups excluding carboxylic acids is 1. The van der Waals surface area contributed by atoms with E-state index >= 15 is 0 Å². The number of amides is 1. The lowest BCUT2D eigenvalue weighted by molar-refractivity contribution is 0.102. The van der Waals surface area contributed by atoms with E-state index < -0.39 is 0 Å². The van der Waals surface area contributed by atoms with Crippen LogP contribution >= 0.6 is 11.6 Å². The van der Waals surface area contributed by atoms with Gasteiger partial charge in [-0.3, -0.25) is 9.59 Å². The highest BCUT2D eigenvalue weighted by atomic mass is 35.5. The number of benzene rings is 3. The van der Waals surface area contributed by atoms with E-state index in [0.717, 1.165) is 0 Å². The zero-order valence-electron chi connectivity index (χ0n) is 16.8. The molecule has 0 saturated heterocycles. The van der Waals surface area contributed by atoms with Gasteiger partial charge in [-0.1, -0.05) is 23.7 Å². The van der Waals surface area contributed by atoms with Crippen LogP contribution in [-0.4, -0.2) is 20.1 Å². The second kappa shape index (κ2) is 8.53. The average molecular weight is 436 g/mol. The van der Waals surface area contributed by atoms with Crippen molar-refractivity contribution in [2.45, 2.75) is 0 Å². The third-order valence-electron chi connectivity index (χ3n) is 4.77. The zero-order chi connectivity index (χ0) is 22.0. The van der Waals surface area contributed by atoms with Crippen LogP contribution in [0, 0.1) is 0 Å². The van der Waals surface area contributed by atoms with E-state index in [1.54, 1.807) is 54.6 Å². The van der Waals surface area contributed by atoms with Gasteiger partial charge < -0.3 is 19.2 Å². The lowest BCUT2D eigenvalue weighted by atomic mass is 10.1. The van der Waals surface area contributed by atoms with Gasteiger partial charge in [0.25, 0.3) is 5.91 Å². The summed E-state index contributed by atoms with van der Waals surface area (Å²) in [7, 11) is 3.02. The van der Waals surface area contributed by atoms with Crippen molar-refractivity contribution < 1.29 is 18.7 Å². The molecule has 7 heteroatoms. The normalized spacial score (nSPS) is 10.7. The first-order valence-corrected chi connectivity index (χ1v) is 9.74. The summed E-state index contributed by atoms with van der Waals surface area (Å²) in [6.07, 6.45) is 0. The fourth-order valence-electron chi connectivity index (χ4n) is 3.21. The number of rotatable bonds is 5. The molecular weight excluding hydrogens is 418 g/mol. The monoisotopic (exact) mass is 435 g/mol. The molecule has 31 heavy (non-hydrogen) atoms. The number of ether oxygens (including phenoxy) is 2. The van der Waals surface area contributed by atoms with E-state index in [4.69, 9.17) is 25.5 Å². The van der Waals surface area contributed by atoms with Gasteiger partial charge in [-0.15, -0.1) is 0 Å². The van der Waals surface area contributed by atoms with Gasteiger partial charge in [-0.05, 0) is 48.5 Å². The summed E-state index contributed by atoms with van der Waals surface area (Å²) >= 11 is 6.22. The Morgan fingerprint density at radius 2 is 1.71 bits per heavy atom. The summed E-state index contributed by atoms with van der Waals surface area (Å²) in [6, 6.07) is 18.3. The van der Waals surface area contributed by atoms with Crippen molar-refractivity contribution in [1.82, 2.24) is 0 Å². The van der Waals surface area contributed by atoms with Crippen molar-refractivity contribution in [2.24, 2.45) is 0 Å². The molecule has 0 aliphatic heterocycles. The summed E-state index contributed by atoms with van der Waals surface area (Å²) in [5.41, 5.74) is 1.64. The van der Waals surface area contributed by atoms with Crippen LogP contribution in [0.3, 0.4) is 0 Å². The van der Waals surface area contributed by atoms with E-state index in [1.165, 1.54) is 20.3 Å². The van der Waals surface area contributed by atoms with Gasteiger partial charge in [0, 0.05) is 22.9 Å². The number of anilines is 1.